The molecule has 0 radical (unpaired) electrons. The van der Waals surface area contributed by atoms with E-state index >= 15 is 0 Å². The van der Waals surface area contributed by atoms with Crippen LogP contribution in [0.5, 0.6) is 0 Å². The van der Waals surface area contributed by atoms with Crippen molar-refractivity contribution in [3.8, 4) is 0 Å². The zero-order chi connectivity index (χ0) is 15.6. The summed E-state index contributed by atoms with van der Waals surface area (Å²) in [6.07, 6.45) is 5.20. The number of para-hydroxylation sites is 1. The Morgan fingerprint density at radius 1 is 1.13 bits per heavy atom. The number of hydrogen-bond acceptors (Lipinski definition) is 4. The van der Waals surface area contributed by atoms with Gasteiger partial charge in [-0.15, -0.1) is 0 Å². The number of anilines is 2. The van der Waals surface area contributed by atoms with E-state index in [1.165, 1.54) is 0 Å². The number of pyridine rings is 1. The zero-order valence-electron chi connectivity index (χ0n) is 12.1. The molecule has 0 aliphatic rings. The van der Waals surface area contributed by atoms with Crippen molar-refractivity contribution in [3.05, 3.63) is 72.0 Å². The molecular weight excluding hydrogens is 312 g/mol. The Morgan fingerprint density at radius 3 is 2.87 bits per heavy atom. The van der Waals surface area contributed by atoms with Gasteiger partial charge in [0.05, 0.1) is 41.6 Å². The number of nitrogens with one attached hydrogen (secondary N) is 1. The van der Waals surface area contributed by atoms with E-state index in [1.807, 2.05) is 47.0 Å². The first-order valence-corrected chi connectivity index (χ1v) is 7.52. The van der Waals surface area contributed by atoms with Crippen LogP contribution in [0.1, 0.15) is 5.76 Å². The smallest absolute Gasteiger partial charge is 0.132 e. The fourth-order valence-corrected chi connectivity index (χ4v) is 2.61. The predicted octanol–water partition coefficient (Wildman–Crippen LogP) is 4.47. The fourth-order valence-electron chi connectivity index (χ4n) is 2.43. The molecule has 0 fully saturated rings. The lowest BCUT2D eigenvalue weighted by atomic mass is 10.3. The van der Waals surface area contributed by atoms with Gasteiger partial charge in [0.25, 0.3) is 0 Å². The van der Waals surface area contributed by atoms with Gasteiger partial charge in [-0.3, -0.25) is 0 Å². The molecule has 23 heavy (non-hydrogen) atoms. The number of fused-ring (bicyclic) bond motifs is 1. The summed E-state index contributed by atoms with van der Waals surface area (Å²) in [5.74, 6) is 1.59. The van der Waals surface area contributed by atoms with E-state index in [1.54, 1.807) is 18.8 Å². The summed E-state index contributed by atoms with van der Waals surface area (Å²) in [7, 11) is 0. The molecule has 3 heterocycles. The van der Waals surface area contributed by atoms with Gasteiger partial charge in [0.2, 0.25) is 0 Å². The summed E-state index contributed by atoms with van der Waals surface area (Å²) >= 11 is 6.18. The van der Waals surface area contributed by atoms with E-state index < -0.39 is 0 Å². The van der Waals surface area contributed by atoms with Crippen LogP contribution in [0.25, 0.3) is 11.0 Å². The van der Waals surface area contributed by atoms with E-state index in [0.717, 1.165) is 22.5 Å². The minimum absolute atomic E-state index is 0.624. The molecule has 1 N–H and O–H groups in total. The van der Waals surface area contributed by atoms with Crippen LogP contribution in [0.2, 0.25) is 5.02 Å². The van der Waals surface area contributed by atoms with Gasteiger partial charge < -0.3 is 14.3 Å². The van der Waals surface area contributed by atoms with Crippen LogP contribution >= 0.6 is 11.6 Å². The minimum atomic E-state index is 0.624. The summed E-state index contributed by atoms with van der Waals surface area (Å²) in [5.41, 5.74) is 2.63. The third-order valence-electron chi connectivity index (χ3n) is 3.55. The quantitative estimate of drug-likeness (QED) is 0.601. The third kappa shape index (κ3) is 2.78. The van der Waals surface area contributed by atoms with Crippen molar-refractivity contribution in [1.29, 1.82) is 0 Å². The van der Waals surface area contributed by atoms with Gasteiger partial charge in [0, 0.05) is 6.07 Å². The first-order valence-electron chi connectivity index (χ1n) is 7.14. The van der Waals surface area contributed by atoms with Crippen molar-refractivity contribution < 1.29 is 4.42 Å². The molecule has 0 aliphatic heterocycles. The van der Waals surface area contributed by atoms with Gasteiger partial charge in [-0.1, -0.05) is 23.7 Å². The van der Waals surface area contributed by atoms with Crippen LogP contribution < -0.4 is 5.32 Å². The molecule has 1 aromatic carbocycles. The van der Waals surface area contributed by atoms with E-state index in [0.29, 0.717) is 17.4 Å². The lowest BCUT2D eigenvalue weighted by Crippen LogP contribution is -1.98. The zero-order valence-corrected chi connectivity index (χ0v) is 12.9. The molecule has 4 aromatic rings. The lowest BCUT2D eigenvalue weighted by Gasteiger charge is -2.08. The number of nitrogens with zero attached hydrogens (tertiary/aromatic N) is 3. The number of benzene rings is 1. The van der Waals surface area contributed by atoms with Gasteiger partial charge in [0.1, 0.15) is 17.1 Å². The molecule has 0 amide bonds. The lowest BCUT2D eigenvalue weighted by molar-refractivity contribution is 0.496. The molecule has 114 valence electrons. The highest BCUT2D eigenvalue weighted by molar-refractivity contribution is 6.33. The van der Waals surface area contributed by atoms with Crippen LogP contribution in [0.15, 0.2) is 65.7 Å². The van der Waals surface area contributed by atoms with Crippen LogP contribution in [-0.2, 0) is 6.54 Å². The number of furan rings is 1. The Labute approximate surface area is 137 Å². The van der Waals surface area contributed by atoms with Crippen LogP contribution in [0.4, 0.5) is 11.5 Å². The van der Waals surface area contributed by atoms with Crippen LogP contribution in [0, 0.1) is 0 Å². The maximum Gasteiger partial charge on any atom is 0.132 e. The summed E-state index contributed by atoms with van der Waals surface area (Å²) in [5, 5.41) is 3.88. The highest BCUT2D eigenvalue weighted by atomic mass is 35.5. The van der Waals surface area contributed by atoms with Gasteiger partial charge in [0.15, 0.2) is 0 Å². The molecule has 0 spiro atoms. The van der Waals surface area contributed by atoms with Gasteiger partial charge in [-0.2, -0.15) is 0 Å². The fraction of sp³-hybridized carbons (Fsp3) is 0.0588. The number of halogens is 1. The second-order valence-electron chi connectivity index (χ2n) is 5.11. The first kappa shape index (κ1) is 13.8. The van der Waals surface area contributed by atoms with Crippen molar-refractivity contribution in [2.45, 2.75) is 6.54 Å². The molecule has 5 nitrogen and oxygen atoms in total. The Kier molecular flexibility index (Phi) is 3.48. The van der Waals surface area contributed by atoms with E-state index in [-0.39, 0.29) is 0 Å². The van der Waals surface area contributed by atoms with E-state index in [2.05, 4.69) is 15.3 Å². The van der Waals surface area contributed by atoms with E-state index in [4.69, 9.17) is 16.0 Å². The Bertz CT molecular complexity index is 946. The van der Waals surface area contributed by atoms with Gasteiger partial charge in [-0.25, -0.2) is 9.97 Å². The molecule has 3 aromatic heterocycles. The number of hydrogen-bond donors (Lipinski definition) is 1. The normalized spacial score (nSPS) is 11.0. The number of aromatic nitrogens is 3. The molecule has 6 heteroatoms. The monoisotopic (exact) mass is 324 g/mol. The van der Waals surface area contributed by atoms with Crippen LogP contribution in [0.3, 0.4) is 0 Å². The summed E-state index contributed by atoms with van der Waals surface area (Å²) in [6.45, 7) is 0.624. The van der Waals surface area contributed by atoms with Crippen LogP contribution in [-0.4, -0.2) is 14.5 Å². The number of imidazole rings is 1. The second kappa shape index (κ2) is 5.78. The first-order chi connectivity index (χ1) is 11.3. The Hall–Kier alpha value is -2.79. The van der Waals surface area contributed by atoms with Crippen molar-refractivity contribution in [2.24, 2.45) is 0 Å². The van der Waals surface area contributed by atoms with Crippen molar-refractivity contribution in [2.75, 3.05) is 5.32 Å². The maximum atomic E-state index is 6.18. The molecule has 0 bridgehead atoms. The van der Waals surface area contributed by atoms with Gasteiger partial charge in [-0.05, 0) is 24.3 Å². The van der Waals surface area contributed by atoms with Crippen molar-refractivity contribution in [1.82, 2.24) is 14.5 Å². The molecule has 4 rings (SSSR count). The average Bonchev–Trinajstić information content (AvgIpc) is 3.20. The minimum Gasteiger partial charge on any atom is -0.467 e. The second-order valence-corrected chi connectivity index (χ2v) is 5.52. The molecule has 0 atom stereocenters. The predicted molar refractivity (Wildman–Crippen MR) is 90.1 cm³/mol. The third-order valence-corrected chi connectivity index (χ3v) is 3.88. The van der Waals surface area contributed by atoms with E-state index in [9.17, 15) is 0 Å². The summed E-state index contributed by atoms with van der Waals surface area (Å²) < 4.78 is 7.42. The number of rotatable bonds is 4. The molecule has 0 unspecified atom stereocenters. The topological polar surface area (TPSA) is 55.9 Å². The average molecular weight is 325 g/mol. The van der Waals surface area contributed by atoms with Crippen molar-refractivity contribution in [3.63, 3.8) is 0 Å². The summed E-state index contributed by atoms with van der Waals surface area (Å²) in [4.78, 5) is 8.75. The largest absolute Gasteiger partial charge is 0.467 e. The molecule has 0 saturated carbocycles. The standard InChI is InChI=1S/C17H13ClN4O/c18-13-5-1-2-6-14(13)21-17-8-16-15(9-19-17)20-11-22(16)10-12-4-3-7-23-12/h1-9,11H,10H2,(H,19,21). The Balaban J connectivity index is 1.68. The molecule has 0 aliphatic carbocycles. The van der Waals surface area contributed by atoms with Crippen molar-refractivity contribution >= 4 is 34.1 Å². The summed E-state index contributed by atoms with van der Waals surface area (Å²) in [6, 6.07) is 13.3. The molecule has 0 saturated heterocycles. The highest BCUT2D eigenvalue weighted by Crippen LogP contribution is 2.25. The highest BCUT2D eigenvalue weighted by Gasteiger charge is 2.08. The van der Waals surface area contributed by atoms with Gasteiger partial charge >= 0.3 is 0 Å². The SMILES string of the molecule is Clc1ccccc1Nc1cc2c(cn1)ncn2Cc1ccco1. The Morgan fingerprint density at radius 2 is 2.04 bits per heavy atom. The maximum absolute atomic E-state index is 6.18. The molecular formula is C17H13ClN4O.